The van der Waals surface area contributed by atoms with Crippen molar-refractivity contribution in [2.45, 2.75) is 6.18 Å². The number of hydrogen-bond donors (Lipinski definition) is 1. The number of benzene rings is 1. The number of anilines is 1. The first-order valence-corrected chi connectivity index (χ1v) is 7.15. The third-order valence-corrected chi connectivity index (χ3v) is 4.05. The second kappa shape index (κ2) is 6.39. The van der Waals surface area contributed by atoms with Gasteiger partial charge in [0.05, 0.1) is 0 Å². The highest BCUT2D eigenvalue weighted by Crippen LogP contribution is 2.35. The quantitative estimate of drug-likeness (QED) is 0.663. The maximum absolute atomic E-state index is 12.7. The van der Waals surface area contributed by atoms with Gasteiger partial charge in [-0.25, -0.2) is 4.98 Å². The van der Waals surface area contributed by atoms with Crippen molar-refractivity contribution < 1.29 is 13.2 Å². The van der Waals surface area contributed by atoms with Crippen LogP contribution in [0.25, 0.3) is 15.7 Å². The molecule has 1 aromatic carbocycles. The molecule has 0 amide bonds. The lowest BCUT2D eigenvalue weighted by molar-refractivity contribution is -0.0554. The normalized spacial score (nSPS) is 12.5. The molecule has 1 aromatic heterocycles. The molecule has 1 heterocycles. The molecule has 3 nitrogen and oxygen atoms in total. The van der Waals surface area contributed by atoms with E-state index in [1.807, 2.05) is 6.07 Å². The maximum Gasteiger partial charge on any atom is 0.439 e. The molecule has 7 heteroatoms. The van der Waals surface area contributed by atoms with Crippen molar-refractivity contribution in [2.75, 3.05) is 19.4 Å². The molecule has 0 spiro atoms. The molecule has 0 saturated carbocycles. The first-order chi connectivity index (χ1) is 10.3. The number of aromatic nitrogens is 1. The number of hydrogen-bond acceptors (Lipinski definition) is 4. The lowest BCUT2D eigenvalue weighted by atomic mass is 10.1. The molecule has 0 radical (unpaired) electrons. The molecule has 0 atom stereocenters. The minimum absolute atomic E-state index is 0.294. The van der Waals surface area contributed by atoms with Crippen LogP contribution in [0.15, 0.2) is 42.0 Å². The van der Waals surface area contributed by atoms with Gasteiger partial charge in [-0.15, -0.1) is 0 Å². The summed E-state index contributed by atoms with van der Waals surface area (Å²) in [5.74, 6) is 0.689. The Morgan fingerprint density at radius 3 is 2.59 bits per heavy atom. The van der Waals surface area contributed by atoms with Crippen molar-refractivity contribution in [2.24, 2.45) is 4.99 Å². The average molecular weight is 325 g/mol. The molecule has 2 rings (SSSR count). The number of nitrogens with zero attached hydrogens (tertiary/aromatic N) is 2. The molecule has 0 unspecified atom stereocenters. The molecule has 0 aliphatic carbocycles. The topological polar surface area (TPSA) is 37.3 Å². The maximum atomic E-state index is 12.7. The van der Waals surface area contributed by atoms with E-state index in [0.717, 1.165) is 17.8 Å². The number of halogens is 3. The van der Waals surface area contributed by atoms with Crippen LogP contribution in [0.1, 0.15) is 5.56 Å². The zero-order chi connectivity index (χ0) is 16.3. The van der Waals surface area contributed by atoms with Crippen LogP contribution >= 0.6 is 11.8 Å². The van der Waals surface area contributed by atoms with Gasteiger partial charge in [0.25, 0.3) is 0 Å². The second-order valence-corrected chi connectivity index (χ2v) is 5.52. The fourth-order valence-electron chi connectivity index (χ4n) is 1.86. The van der Waals surface area contributed by atoms with Crippen LogP contribution in [-0.2, 0) is 0 Å². The SMILES string of the molecule is C=C(SC(=NC)C(F)(F)F)c1ccc2cnc(NC)cc2c1. The predicted octanol–water partition coefficient (Wildman–Crippen LogP) is 4.57. The molecule has 0 aliphatic rings. The molecule has 0 fully saturated rings. The third kappa shape index (κ3) is 3.59. The first-order valence-electron chi connectivity index (χ1n) is 6.34. The van der Waals surface area contributed by atoms with E-state index in [0.29, 0.717) is 28.0 Å². The standard InChI is InChI=1S/C15H14F3N3S/c1-9(22-14(20-3)15(16,17)18)10-4-5-11-8-21-13(19-2)7-12(11)6-10/h4-8H,1H2,2-3H3,(H,19,21). The molecule has 2 aromatic rings. The Labute approximate surface area is 130 Å². The smallest absolute Gasteiger partial charge is 0.373 e. The van der Waals surface area contributed by atoms with Crippen LogP contribution in [0, 0.1) is 0 Å². The summed E-state index contributed by atoms with van der Waals surface area (Å²) < 4.78 is 38.2. The fraction of sp³-hybridized carbons (Fsp3) is 0.200. The zero-order valence-electron chi connectivity index (χ0n) is 12.0. The Morgan fingerprint density at radius 1 is 1.27 bits per heavy atom. The number of nitrogens with one attached hydrogen (secondary N) is 1. The minimum atomic E-state index is -4.47. The highest BCUT2D eigenvalue weighted by molar-refractivity contribution is 8.21. The van der Waals surface area contributed by atoms with Gasteiger partial charge >= 0.3 is 6.18 Å². The highest BCUT2D eigenvalue weighted by atomic mass is 32.2. The first kappa shape index (κ1) is 16.4. The monoisotopic (exact) mass is 325 g/mol. The Kier molecular flexibility index (Phi) is 4.75. The number of rotatable bonds is 3. The Hall–Kier alpha value is -2.02. The van der Waals surface area contributed by atoms with E-state index in [2.05, 4.69) is 21.9 Å². The summed E-state index contributed by atoms with van der Waals surface area (Å²) in [6, 6.07) is 7.15. The van der Waals surface area contributed by atoms with E-state index in [-0.39, 0.29) is 0 Å². The van der Waals surface area contributed by atoms with Gasteiger partial charge in [-0.1, -0.05) is 30.5 Å². The number of thioether (sulfide) groups is 1. The fourth-order valence-corrected chi connectivity index (χ4v) is 2.54. The van der Waals surface area contributed by atoms with Crippen molar-refractivity contribution in [1.29, 1.82) is 0 Å². The van der Waals surface area contributed by atoms with Gasteiger partial charge in [-0.2, -0.15) is 13.2 Å². The van der Waals surface area contributed by atoms with Gasteiger partial charge < -0.3 is 5.32 Å². The van der Waals surface area contributed by atoms with Gasteiger partial charge in [0.15, 0.2) is 5.04 Å². The van der Waals surface area contributed by atoms with Crippen LogP contribution in [0.3, 0.4) is 0 Å². The van der Waals surface area contributed by atoms with Gasteiger partial charge in [-0.3, -0.25) is 4.99 Å². The Balaban J connectivity index is 2.32. The summed E-state index contributed by atoms with van der Waals surface area (Å²) in [7, 11) is 2.87. The molecule has 0 aliphatic heterocycles. The number of fused-ring (bicyclic) bond motifs is 1. The summed E-state index contributed by atoms with van der Waals surface area (Å²) >= 11 is 0.523. The van der Waals surface area contributed by atoms with Crippen LogP contribution in [0.4, 0.5) is 19.0 Å². The molecule has 116 valence electrons. The van der Waals surface area contributed by atoms with Crippen LogP contribution in [0.2, 0.25) is 0 Å². The van der Waals surface area contributed by atoms with E-state index in [4.69, 9.17) is 0 Å². The van der Waals surface area contributed by atoms with Crippen LogP contribution in [-0.4, -0.2) is 30.3 Å². The van der Waals surface area contributed by atoms with Crippen molar-refractivity contribution in [3.05, 3.63) is 42.6 Å². The summed E-state index contributed by atoms with van der Waals surface area (Å²) in [5.41, 5.74) is 0.621. The summed E-state index contributed by atoms with van der Waals surface area (Å²) in [6.45, 7) is 3.73. The van der Waals surface area contributed by atoms with E-state index >= 15 is 0 Å². The van der Waals surface area contributed by atoms with Gasteiger partial charge in [0, 0.05) is 30.6 Å². The Morgan fingerprint density at radius 2 is 2.00 bits per heavy atom. The van der Waals surface area contributed by atoms with Crippen molar-refractivity contribution >= 4 is 38.3 Å². The molecule has 22 heavy (non-hydrogen) atoms. The van der Waals surface area contributed by atoms with Crippen LogP contribution in [0.5, 0.6) is 0 Å². The average Bonchev–Trinajstić information content (AvgIpc) is 2.49. The zero-order valence-corrected chi connectivity index (χ0v) is 12.8. The lowest BCUT2D eigenvalue weighted by Crippen LogP contribution is -2.19. The number of alkyl halides is 3. The van der Waals surface area contributed by atoms with Crippen molar-refractivity contribution in [1.82, 2.24) is 4.98 Å². The summed E-state index contributed by atoms with van der Waals surface area (Å²) in [4.78, 5) is 7.77. The third-order valence-electron chi connectivity index (χ3n) is 2.97. The van der Waals surface area contributed by atoms with Crippen LogP contribution < -0.4 is 5.32 Å². The number of pyridine rings is 1. The highest BCUT2D eigenvalue weighted by Gasteiger charge is 2.36. The van der Waals surface area contributed by atoms with Gasteiger partial charge in [0.2, 0.25) is 0 Å². The lowest BCUT2D eigenvalue weighted by Gasteiger charge is -2.11. The summed E-state index contributed by atoms with van der Waals surface area (Å²) in [6.07, 6.45) is -2.77. The number of aliphatic imine (C=N–C) groups is 1. The van der Waals surface area contributed by atoms with Gasteiger partial charge in [-0.05, 0) is 23.1 Å². The van der Waals surface area contributed by atoms with E-state index < -0.39 is 11.2 Å². The molecular formula is C15H14F3N3S. The minimum Gasteiger partial charge on any atom is -0.373 e. The second-order valence-electron chi connectivity index (χ2n) is 4.43. The molecular weight excluding hydrogens is 311 g/mol. The predicted molar refractivity (Wildman–Crippen MR) is 87.3 cm³/mol. The van der Waals surface area contributed by atoms with Crippen molar-refractivity contribution in [3.63, 3.8) is 0 Å². The van der Waals surface area contributed by atoms with E-state index in [1.165, 1.54) is 0 Å². The Bertz CT molecular complexity index is 738. The molecule has 0 bridgehead atoms. The van der Waals surface area contributed by atoms with E-state index in [1.54, 1.807) is 31.4 Å². The molecule has 0 saturated heterocycles. The van der Waals surface area contributed by atoms with Crippen molar-refractivity contribution in [3.8, 4) is 0 Å². The summed E-state index contributed by atoms with van der Waals surface area (Å²) in [5, 5.41) is 3.79. The largest absolute Gasteiger partial charge is 0.439 e. The van der Waals surface area contributed by atoms with E-state index in [9.17, 15) is 13.2 Å². The van der Waals surface area contributed by atoms with Gasteiger partial charge in [0.1, 0.15) is 5.82 Å². The molecule has 1 N–H and O–H groups in total.